The molecule has 0 amide bonds. The molecule has 0 N–H and O–H groups in total. The Labute approximate surface area is 88.1 Å². The number of hydrogen-bond acceptors (Lipinski definition) is 3. The van der Waals surface area contributed by atoms with Crippen LogP contribution in [0.1, 0.15) is 36.6 Å². The number of piperidine rings is 1. The Morgan fingerprint density at radius 1 is 1.43 bits per heavy atom. The second-order valence-electron chi connectivity index (χ2n) is 4.03. The fraction of sp³-hybridized carbons (Fsp3) is 0.600. The van der Waals surface area contributed by atoms with E-state index in [1.54, 1.807) is 0 Å². The van der Waals surface area contributed by atoms with Gasteiger partial charge in [0.05, 0.1) is 11.7 Å². The maximum absolute atomic E-state index is 5.81. The zero-order valence-electron chi connectivity index (χ0n) is 7.91. The predicted octanol–water partition coefficient (Wildman–Crippen LogP) is 2.17. The first-order valence-corrected chi connectivity index (χ1v) is 5.48. The van der Waals surface area contributed by atoms with Gasteiger partial charge >= 0.3 is 0 Å². The molecule has 4 heteroatoms. The molecule has 3 nitrogen and oxygen atoms in total. The van der Waals surface area contributed by atoms with Gasteiger partial charge in [-0.05, 0) is 31.0 Å². The lowest BCUT2D eigenvalue weighted by molar-refractivity contribution is 0.162. The number of hydrogen-bond donors (Lipinski definition) is 0. The zero-order chi connectivity index (χ0) is 9.54. The summed E-state index contributed by atoms with van der Waals surface area (Å²) in [6.07, 6.45) is 5.72. The maximum atomic E-state index is 5.81. The van der Waals surface area contributed by atoms with Gasteiger partial charge in [0.1, 0.15) is 0 Å². The van der Waals surface area contributed by atoms with Crippen molar-refractivity contribution in [1.82, 2.24) is 14.9 Å². The second kappa shape index (κ2) is 3.17. The fourth-order valence-electron chi connectivity index (χ4n) is 2.52. The molecular formula is C10H12ClN3. The van der Waals surface area contributed by atoms with Gasteiger partial charge in [0.25, 0.3) is 0 Å². The standard InChI is InChI=1S/C10H12ClN3/c11-10-12-5-7-6-14-4-2-1-3-8(14)9(7)13-10/h5,8H,1-4,6H2. The first kappa shape index (κ1) is 8.62. The van der Waals surface area contributed by atoms with Crippen molar-refractivity contribution in [3.63, 3.8) is 0 Å². The first-order valence-electron chi connectivity index (χ1n) is 5.10. The molecule has 1 saturated heterocycles. The van der Waals surface area contributed by atoms with E-state index in [0.29, 0.717) is 11.3 Å². The second-order valence-corrected chi connectivity index (χ2v) is 4.37. The van der Waals surface area contributed by atoms with E-state index in [9.17, 15) is 0 Å². The average Bonchev–Trinajstić information content (AvgIpc) is 2.56. The van der Waals surface area contributed by atoms with Gasteiger partial charge < -0.3 is 0 Å². The Morgan fingerprint density at radius 3 is 3.29 bits per heavy atom. The number of aromatic nitrogens is 2. The lowest BCUT2D eigenvalue weighted by Gasteiger charge is -2.28. The topological polar surface area (TPSA) is 29.0 Å². The Bertz CT molecular complexity index is 366. The third-order valence-corrected chi connectivity index (χ3v) is 3.35. The van der Waals surface area contributed by atoms with Crippen molar-refractivity contribution in [3.05, 3.63) is 22.7 Å². The van der Waals surface area contributed by atoms with Crippen LogP contribution >= 0.6 is 11.6 Å². The van der Waals surface area contributed by atoms with Crippen molar-refractivity contribution in [2.24, 2.45) is 0 Å². The molecule has 2 aliphatic rings. The van der Waals surface area contributed by atoms with Crippen molar-refractivity contribution in [3.8, 4) is 0 Å². The van der Waals surface area contributed by atoms with Crippen LogP contribution in [0.25, 0.3) is 0 Å². The average molecular weight is 210 g/mol. The lowest BCUT2D eigenvalue weighted by Crippen LogP contribution is -2.27. The molecular weight excluding hydrogens is 198 g/mol. The van der Waals surface area contributed by atoms with Gasteiger partial charge in [0, 0.05) is 18.3 Å². The van der Waals surface area contributed by atoms with E-state index in [0.717, 1.165) is 6.54 Å². The van der Waals surface area contributed by atoms with E-state index < -0.39 is 0 Å². The van der Waals surface area contributed by atoms with Gasteiger partial charge in [-0.25, -0.2) is 9.97 Å². The summed E-state index contributed by atoms with van der Waals surface area (Å²) in [6, 6.07) is 0.513. The molecule has 0 spiro atoms. The molecule has 1 fully saturated rings. The maximum Gasteiger partial charge on any atom is 0.222 e. The summed E-state index contributed by atoms with van der Waals surface area (Å²) >= 11 is 5.81. The molecule has 2 aliphatic heterocycles. The minimum atomic E-state index is 0.385. The van der Waals surface area contributed by atoms with Crippen LogP contribution in [0.4, 0.5) is 0 Å². The monoisotopic (exact) mass is 209 g/mol. The molecule has 1 unspecified atom stereocenters. The fourth-order valence-corrected chi connectivity index (χ4v) is 2.66. The summed E-state index contributed by atoms with van der Waals surface area (Å²) in [4.78, 5) is 10.9. The quantitative estimate of drug-likeness (QED) is 0.614. The van der Waals surface area contributed by atoms with Crippen LogP contribution in [-0.2, 0) is 6.54 Å². The summed E-state index contributed by atoms with van der Waals surface area (Å²) in [7, 11) is 0. The first-order chi connectivity index (χ1) is 6.84. The van der Waals surface area contributed by atoms with Gasteiger partial charge in [-0.2, -0.15) is 0 Å². The SMILES string of the molecule is Clc1ncc2c(n1)C1CCCCN1C2. The highest BCUT2D eigenvalue weighted by Gasteiger charge is 2.33. The van der Waals surface area contributed by atoms with E-state index in [2.05, 4.69) is 14.9 Å². The molecule has 3 heterocycles. The molecule has 14 heavy (non-hydrogen) atoms. The normalized spacial score (nSPS) is 25.9. The number of rotatable bonds is 0. The van der Waals surface area contributed by atoms with Gasteiger partial charge in [-0.1, -0.05) is 6.42 Å². The van der Waals surface area contributed by atoms with Gasteiger partial charge in [-0.3, -0.25) is 4.90 Å². The lowest BCUT2D eigenvalue weighted by atomic mass is 10.0. The van der Waals surface area contributed by atoms with Crippen LogP contribution in [0.3, 0.4) is 0 Å². The number of nitrogens with zero attached hydrogens (tertiary/aromatic N) is 3. The van der Waals surface area contributed by atoms with Crippen LogP contribution in [-0.4, -0.2) is 21.4 Å². The summed E-state index contributed by atoms with van der Waals surface area (Å²) in [5, 5.41) is 0.385. The van der Waals surface area contributed by atoms with E-state index in [1.807, 2.05) is 6.20 Å². The molecule has 0 aliphatic carbocycles. The molecule has 0 bridgehead atoms. The predicted molar refractivity (Wildman–Crippen MR) is 54.0 cm³/mol. The van der Waals surface area contributed by atoms with E-state index in [1.165, 1.54) is 37.1 Å². The Balaban J connectivity index is 2.02. The highest BCUT2D eigenvalue weighted by atomic mass is 35.5. The van der Waals surface area contributed by atoms with Crippen molar-refractivity contribution in [2.75, 3.05) is 6.54 Å². The highest BCUT2D eigenvalue weighted by Crippen LogP contribution is 2.38. The number of halogens is 1. The van der Waals surface area contributed by atoms with Crippen LogP contribution in [0.15, 0.2) is 6.20 Å². The summed E-state index contributed by atoms with van der Waals surface area (Å²) in [6.45, 7) is 2.20. The smallest absolute Gasteiger partial charge is 0.222 e. The minimum absolute atomic E-state index is 0.385. The van der Waals surface area contributed by atoms with Gasteiger partial charge in [0.15, 0.2) is 0 Å². The molecule has 0 radical (unpaired) electrons. The summed E-state index contributed by atoms with van der Waals surface area (Å²) in [5.74, 6) is 0. The van der Waals surface area contributed by atoms with Crippen molar-refractivity contribution in [2.45, 2.75) is 31.8 Å². The molecule has 74 valence electrons. The largest absolute Gasteiger partial charge is 0.290 e. The van der Waals surface area contributed by atoms with Crippen molar-refractivity contribution < 1.29 is 0 Å². The Kier molecular flexibility index (Phi) is 1.96. The molecule has 1 aromatic heterocycles. The van der Waals surface area contributed by atoms with Crippen LogP contribution in [0.5, 0.6) is 0 Å². The van der Waals surface area contributed by atoms with E-state index in [-0.39, 0.29) is 0 Å². The van der Waals surface area contributed by atoms with E-state index in [4.69, 9.17) is 11.6 Å². The molecule has 1 atom stereocenters. The molecule has 0 aromatic carbocycles. The minimum Gasteiger partial charge on any atom is -0.290 e. The molecule has 1 aromatic rings. The van der Waals surface area contributed by atoms with Crippen LogP contribution < -0.4 is 0 Å². The summed E-state index contributed by atoms with van der Waals surface area (Å²) < 4.78 is 0. The van der Waals surface area contributed by atoms with Crippen molar-refractivity contribution >= 4 is 11.6 Å². The van der Waals surface area contributed by atoms with Crippen LogP contribution in [0, 0.1) is 0 Å². The third-order valence-electron chi connectivity index (χ3n) is 3.17. The Morgan fingerprint density at radius 2 is 2.36 bits per heavy atom. The summed E-state index contributed by atoms with van der Waals surface area (Å²) in [5.41, 5.74) is 2.44. The zero-order valence-corrected chi connectivity index (χ0v) is 8.67. The number of fused-ring (bicyclic) bond motifs is 3. The van der Waals surface area contributed by atoms with Gasteiger partial charge in [0.2, 0.25) is 5.28 Å². The molecule has 0 saturated carbocycles. The Hall–Kier alpha value is -0.670. The highest BCUT2D eigenvalue weighted by molar-refractivity contribution is 6.28. The third kappa shape index (κ3) is 1.23. The van der Waals surface area contributed by atoms with E-state index >= 15 is 0 Å². The van der Waals surface area contributed by atoms with Crippen LogP contribution in [0.2, 0.25) is 5.28 Å². The van der Waals surface area contributed by atoms with Gasteiger partial charge in [-0.15, -0.1) is 0 Å². The molecule has 3 rings (SSSR count). The van der Waals surface area contributed by atoms with Crippen molar-refractivity contribution in [1.29, 1.82) is 0 Å².